The van der Waals surface area contributed by atoms with E-state index in [1.54, 1.807) is 39.8 Å². The van der Waals surface area contributed by atoms with Gasteiger partial charge in [-0.2, -0.15) is 0 Å². The highest BCUT2D eigenvalue weighted by Gasteiger charge is 2.39. The molecule has 2 rings (SSSR count). The molecule has 3 amide bonds. The highest BCUT2D eigenvalue weighted by atomic mass is 16.6. The van der Waals surface area contributed by atoms with Crippen LogP contribution in [0.5, 0.6) is 5.75 Å². The van der Waals surface area contributed by atoms with Gasteiger partial charge in [-0.3, -0.25) is 9.59 Å². The summed E-state index contributed by atoms with van der Waals surface area (Å²) in [6.07, 6.45) is -0.700. The lowest BCUT2D eigenvalue weighted by molar-refractivity contribution is -0.145. The molecule has 0 radical (unpaired) electrons. The van der Waals surface area contributed by atoms with Crippen LogP contribution >= 0.6 is 0 Å². The number of benzene rings is 2. The van der Waals surface area contributed by atoms with Gasteiger partial charge < -0.3 is 25.4 Å². The van der Waals surface area contributed by atoms with Gasteiger partial charge in [0.25, 0.3) is 0 Å². The zero-order valence-corrected chi connectivity index (χ0v) is 23.2. The fourth-order valence-electron chi connectivity index (χ4n) is 3.96. The molecule has 0 aliphatic heterocycles. The topological polar surface area (TPSA) is 108 Å². The molecule has 0 aliphatic rings. The maximum Gasteiger partial charge on any atom is 0.408 e. The van der Waals surface area contributed by atoms with E-state index in [9.17, 15) is 19.5 Å². The van der Waals surface area contributed by atoms with Crippen LogP contribution in [0.25, 0.3) is 0 Å². The van der Waals surface area contributed by atoms with Crippen LogP contribution in [0, 0.1) is 12.8 Å². The molecular formula is C29H41N3O5. The summed E-state index contributed by atoms with van der Waals surface area (Å²) in [4.78, 5) is 41.8. The molecule has 8 heteroatoms. The molecule has 8 nitrogen and oxygen atoms in total. The number of aryl methyl sites for hydroxylation is 1. The predicted molar refractivity (Wildman–Crippen MR) is 144 cm³/mol. The number of hydrogen-bond acceptors (Lipinski definition) is 5. The Morgan fingerprint density at radius 1 is 1.00 bits per heavy atom. The van der Waals surface area contributed by atoms with Crippen LogP contribution < -0.4 is 10.6 Å². The largest absolute Gasteiger partial charge is 0.508 e. The number of ether oxygens (including phenoxy) is 1. The zero-order valence-electron chi connectivity index (χ0n) is 23.2. The predicted octanol–water partition coefficient (Wildman–Crippen LogP) is 4.84. The SMILES string of the molecule is Cc1cc(C(C(=O)NCc2ccccc2)N(C(=O)C(NC(=O)OC(C)(C)C)C(C)C)C(C)C)ccc1O. The Kier molecular flexibility index (Phi) is 10.1. The van der Waals surface area contributed by atoms with Crippen LogP contribution in [0.4, 0.5) is 4.79 Å². The first-order valence-corrected chi connectivity index (χ1v) is 12.6. The Labute approximate surface area is 220 Å². The Morgan fingerprint density at radius 2 is 1.62 bits per heavy atom. The van der Waals surface area contributed by atoms with Gasteiger partial charge in [0.05, 0.1) is 0 Å². The number of rotatable bonds is 9. The van der Waals surface area contributed by atoms with Crippen molar-refractivity contribution in [2.45, 2.75) is 85.7 Å². The minimum Gasteiger partial charge on any atom is -0.508 e. The van der Waals surface area contributed by atoms with Crippen LogP contribution in [0.15, 0.2) is 48.5 Å². The number of aromatic hydroxyl groups is 1. The number of carbonyl (C=O) groups is 3. The lowest BCUT2D eigenvalue weighted by Crippen LogP contribution is -2.56. The molecule has 0 aromatic heterocycles. The van der Waals surface area contributed by atoms with Gasteiger partial charge in [0.1, 0.15) is 23.4 Å². The summed E-state index contributed by atoms with van der Waals surface area (Å²) >= 11 is 0. The summed E-state index contributed by atoms with van der Waals surface area (Å²) in [7, 11) is 0. The second kappa shape index (κ2) is 12.6. The molecule has 2 unspecified atom stereocenters. The van der Waals surface area contributed by atoms with E-state index in [1.165, 1.54) is 11.0 Å². The summed E-state index contributed by atoms with van der Waals surface area (Å²) < 4.78 is 5.39. The number of phenolic OH excluding ortho intramolecular Hbond substituents is 1. The van der Waals surface area contributed by atoms with Gasteiger partial charge in [0, 0.05) is 12.6 Å². The Bertz CT molecular complexity index is 1080. The maximum atomic E-state index is 14.0. The van der Waals surface area contributed by atoms with Gasteiger partial charge >= 0.3 is 6.09 Å². The van der Waals surface area contributed by atoms with Crippen LogP contribution in [0.1, 0.15) is 71.2 Å². The van der Waals surface area contributed by atoms with E-state index < -0.39 is 29.7 Å². The second-order valence-corrected chi connectivity index (χ2v) is 10.9. The van der Waals surface area contributed by atoms with Gasteiger partial charge in [-0.1, -0.05) is 50.2 Å². The molecule has 0 saturated heterocycles. The molecule has 2 atom stereocenters. The normalized spacial score (nSPS) is 13.1. The van der Waals surface area contributed by atoms with E-state index >= 15 is 0 Å². The highest BCUT2D eigenvalue weighted by molar-refractivity contribution is 5.92. The van der Waals surface area contributed by atoms with Crippen molar-refractivity contribution in [1.29, 1.82) is 0 Å². The highest BCUT2D eigenvalue weighted by Crippen LogP contribution is 2.29. The van der Waals surface area contributed by atoms with E-state index in [1.807, 2.05) is 58.0 Å². The van der Waals surface area contributed by atoms with Crippen molar-refractivity contribution in [2.75, 3.05) is 0 Å². The maximum absolute atomic E-state index is 14.0. The van der Waals surface area contributed by atoms with Crippen LogP contribution in [0.3, 0.4) is 0 Å². The minimum atomic E-state index is -0.989. The van der Waals surface area contributed by atoms with Gasteiger partial charge in [-0.05, 0) is 76.3 Å². The average molecular weight is 512 g/mol. The number of amides is 3. The summed E-state index contributed by atoms with van der Waals surface area (Å²) in [5, 5.41) is 15.7. The molecule has 2 aromatic rings. The lowest BCUT2D eigenvalue weighted by atomic mass is 9.96. The number of hydrogen-bond donors (Lipinski definition) is 3. The fraction of sp³-hybridized carbons (Fsp3) is 0.483. The van der Waals surface area contributed by atoms with Crippen LogP contribution in [-0.2, 0) is 20.9 Å². The minimum absolute atomic E-state index is 0.0984. The number of phenols is 1. The van der Waals surface area contributed by atoms with Crippen LogP contribution in [-0.4, -0.2) is 45.6 Å². The number of carbonyl (C=O) groups excluding carboxylic acids is 3. The third-order valence-electron chi connectivity index (χ3n) is 5.79. The molecular weight excluding hydrogens is 470 g/mol. The van der Waals surface area contributed by atoms with E-state index in [-0.39, 0.29) is 30.2 Å². The van der Waals surface area contributed by atoms with E-state index in [0.717, 1.165) is 5.56 Å². The van der Waals surface area contributed by atoms with Crippen molar-refractivity contribution in [3.63, 3.8) is 0 Å². The second-order valence-electron chi connectivity index (χ2n) is 10.9. The van der Waals surface area contributed by atoms with Crippen molar-refractivity contribution >= 4 is 17.9 Å². The Balaban J connectivity index is 2.47. The summed E-state index contributed by atoms with van der Waals surface area (Å²) in [5.74, 6) is -0.936. The molecule has 0 spiro atoms. The molecule has 0 heterocycles. The third kappa shape index (κ3) is 8.51. The van der Waals surface area contributed by atoms with Crippen molar-refractivity contribution in [2.24, 2.45) is 5.92 Å². The quantitative estimate of drug-likeness (QED) is 0.446. The first-order chi connectivity index (χ1) is 17.2. The molecule has 0 saturated carbocycles. The monoisotopic (exact) mass is 511 g/mol. The van der Waals surface area contributed by atoms with Crippen molar-refractivity contribution in [3.8, 4) is 5.75 Å². The average Bonchev–Trinajstić information content (AvgIpc) is 2.80. The van der Waals surface area contributed by atoms with Gasteiger partial charge in [0.2, 0.25) is 11.8 Å². The standard InChI is InChI=1S/C29H41N3O5/c1-18(2)24(31-28(36)37-29(6,7)8)27(35)32(19(3)4)25(22-14-15-23(33)20(5)16-22)26(34)30-17-21-12-10-9-11-13-21/h9-16,18-19,24-25,33H,17H2,1-8H3,(H,30,34)(H,31,36). The molecule has 0 aliphatic carbocycles. The number of nitrogens with zero attached hydrogens (tertiary/aromatic N) is 1. The van der Waals surface area contributed by atoms with Gasteiger partial charge in [0.15, 0.2) is 0 Å². The summed E-state index contributed by atoms with van der Waals surface area (Å²) in [6, 6.07) is 12.1. The zero-order chi connectivity index (χ0) is 27.9. The fourth-order valence-corrected chi connectivity index (χ4v) is 3.96. The first kappa shape index (κ1) is 29.7. The molecule has 0 fully saturated rings. The van der Waals surface area contributed by atoms with Gasteiger partial charge in [-0.25, -0.2) is 4.79 Å². The Hall–Kier alpha value is -3.55. The molecule has 0 bridgehead atoms. The summed E-state index contributed by atoms with van der Waals surface area (Å²) in [6.45, 7) is 14.6. The molecule has 3 N–H and O–H groups in total. The smallest absolute Gasteiger partial charge is 0.408 e. The molecule has 2 aromatic carbocycles. The third-order valence-corrected chi connectivity index (χ3v) is 5.79. The lowest BCUT2D eigenvalue weighted by Gasteiger charge is -2.38. The Morgan fingerprint density at radius 3 is 2.14 bits per heavy atom. The van der Waals surface area contributed by atoms with E-state index in [4.69, 9.17) is 4.74 Å². The number of alkyl carbamates (subject to hydrolysis) is 1. The van der Waals surface area contributed by atoms with E-state index in [2.05, 4.69) is 10.6 Å². The van der Waals surface area contributed by atoms with Gasteiger partial charge in [-0.15, -0.1) is 0 Å². The van der Waals surface area contributed by atoms with Crippen molar-refractivity contribution in [3.05, 3.63) is 65.2 Å². The molecule has 37 heavy (non-hydrogen) atoms. The van der Waals surface area contributed by atoms with E-state index in [0.29, 0.717) is 11.1 Å². The van der Waals surface area contributed by atoms with Crippen molar-refractivity contribution < 1.29 is 24.2 Å². The molecule has 202 valence electrons. The number of nitrogens with one attached hydrogen (secondary N) is 2. The van der Waals surface area contributed by atoms with Crippen molar-refractivity contribution in [1.82, 2.24) is 15.5 Å². The first-order valence-electron chi connectivity index (χ1n) is 12.6. The summed E-state index contributed by atoms with van der Waals surface area (Å²) in [5.41, 5.74) is 1.34. The van der Waals surface area contributed by atoms with Crippen LogP contribution in [0.2, 0.25) is 0 Å².